The fourth-order valence-electron chi connectivity index (χ4n) is 2.29. The molecule has 1 unspecified atom stereocenters. The smallest absolute Gasteiger partial charge is 0.430 e. The topological polar surface area (TPSA) is 47.6 Å². The van der Waals surface area contributed by atoms with Gasteiger partial charge in [-0.3, -0.25) is 0 Å². The zero-order valence-corrected chi connectivity index (χ0v) is 14.7. The Balaban J connectivity index is 2.34. The van der Waals surface area contributed by atoms with Crippen molar-refractivity contribution in [3.63, 3.8) is 0 Å². The van der Waals surface area contributed by atoms with Gasteiger partial charge in [-0.05, 0) is 30.5 Å². The van der Waals surface area contributed by atoms with Crippen LogP contribution < -0.4 is 10.1 Å². The summed E-state index contributed by atoms with van der Waals surface area (Å²) >= 11 is 0. The van der Waals surface area contributed by atoms with E-state index < -0.39 is 23.8 Å². The number of nitrogens with one attached hydrogen (secondary N) is 1. The number of carbonyl (C=O) groups excluding carboxylic acids is 1. The molecule has 0 amide bonds. The lowest BCUT2D eigenvalue weighted by molar-refractivity contribution is -0.187. The van der Waals surface area contributed by atoms with Gasteiger partial charge < -0.3 is 14.8 Å². The third kappa shape index (κ3) is 4.90. The number of rotatable bonds is 4. The summed E-state index contributed by atoms with van der Waals surface area (Å²) < 4.78 is 49.7. The van der Waals surface area contributed by atoms with E-state index in [0.29, 0.717) is 17.8 Å². The number of carbonyl (C=O) groups is 1. The number of benzene rings is 1. The molecule has 1 aliphatic rings. The van der Waals surface area contributed by atoms with Gasteiger partial charge in [0.25, 0.3) is 0 Å². The van der Waals surface area contributed by atoms with Gasteiger partial charge in [-0.15, -0.1) is 0 Å². The van der Waals surface area contributed by atoms with Gasteiger partial charge in [0.05, 0.1) is 12.2 Å². The molecule has 0 aromatic heterocycles. The van der Waals surface area contributed by atoms with Gasteiger partial charge in [0.2, 0.25) is 6.10 Å². The molecule has 1 aromatic carbocycles. The standard InChI is InChI=1S/C18H22F3NO3/c1-5-24-16(23)13-8-11-6-7-12(22-10-17(2,3)4)9-14(11)25-15(13)18(19,20)21/h6-9,15,22H,5,10H2,1-4H3. The van der Waals surface area contributed by atoms with Gasteiger partial charge >= 0.3 is 12.1 Å². The number of hydrogen-bond acceptors (Lipinski definition) is 4. The van der Waals surface area contributed by atoms with Gasteiger partial charge in [-0.2, -0.15) is 13.2 Å². The number of ether oxygens (including phenoxy) is 2. The SMILES string of the molecule is CCOC(=O)C1=Cc2ccc(NCC(C)(C)C)cc2OC1C(F)(F)F. The second-order valence-corrected chi connectivity index (χ2v) is 7.03. The summed E-state index contributed by atoms with van der Waals surface area (Å²) in [5.41, 5.74) is 0.534. The molecule has 1 heterocycles. The number of esters is 1. The van der Waals surface area contributed by atoms with E-state index in [2.05, 4.69) is 5.32 Å². The van der Waals surface area contributed by atoms with Gasteiger partial charge in [0.15, 0.2) is 0 Å². The highest BCUT2D eigenvalue weighted by Gasteiger charge is 2.48. The molecular formula is C18H22F3NO3. The lowest BCUT2D eigenvalue weighted by atomic mass is 9.96. The Bertz CT molecular complexity index is 675. The number of anilines is 1. The fourth-order valence-corrected chi connectivity index (χ4v) is 2.29. The molecule has 0 spiro atoms. The second kappa shape index (κ2) is 6.98. The average Bonchev–Trinajstić information content (AvgIpc) is 2.50. The van der Waals surface area contributed by atoms with Crippen LogP contribution in [0.15, 0.2) is 23.8 Å². The van der Waals surface area contributed by atoms with Crippen LogP contribution in [0.25, 0.3) is 6.08 Å². The van der Waals surface area contributed by atoms with Gasteiger partial charge in [0, 0.05) is 23.9 Å². The summed E-state index contributed by atoms with van der Waals surface area (Å²) in [5, 5.41) is 3.17. The number of halogens is 3. The van der Waals surface area contributed by atoms with Crippen LogP contribution in [0.1, 0.15) is 33.3 Å². The Kier molecular flexibility index (Phi) is 5.34. The molecule has 0 saturated carbocycles. The van der Waals surface area contributed by atoms with Crippen molar-refractivity contribution in [2.45, 2.75) is 40.0 Å². The Morgan fingerprint density at radius 1 is 1.28 bits per heavy atom. The number of hydrogen-bond donors (Lipinski definition) is 1. The monoisotopic (exact) mass is 357 g/mol. The molecule has 0 saturated heterocycles. The summed E-state index contributed by atoms with van der Waals surface area (Å²) in [7, 11) is 0. The summed E-state index contributed by atoms with van der Waals surface area (Å²) in [6.07, 6.45) is -5.87. The first kappa shape index (κ1) is 19.1. The Morgan fingerprint density at radius 2 is 1.96 bits per heavy atom. The maximum absolute atomic E-state index is 13.3. The first-order chi connectivity index (χ1) is 11.5. The van der Waals surface area contributed by atoms with Crippen molar-refractivity contribution >= 4 is 17.7 Å². The molecule has 2 rings (SSSR count). The maximum atomic E-state index is 13.3. The Hall–Kier alpha value is -2.18. The van der Waals surface area contributed by atoms with Crippen molar-refractivity contribution in [1.29, 1.82) is 0 Å². The highest BCUT2D eigenvalue weighted by molar-refractivity contribution is 5.96. The van der Waals surface area contributed by atoms with Crippen molar-refractivity contribution in [1.82, 2.24) is 0 Å². The largest absolute Gasteiger partial charge is 0.475 e. The zero-order valence-electron chi connectivity index (χ0n) is 14.7. The molecule has 1 aliphatic heterocycles. The molecule has 25 heavy (non-hydrogen) atoms. The molecule has 4 nitrogen and oxygen atoms in total. The van der Waals surface area contributed by atoms with Gasteiger partial charge in [-0.1, -0.05) is 20.8 Å². The molecule has 1 atom stereocenters. The minimum Gasteiger partial charge on any atom is -0.475 e. The van der Waals surface area contributed by atoms with Gasteiger partial charge in [-0.25, -0.2) is 4.79 Å². The van der Waals surface area contributed by atoms with Crippen LogP contribution in [-0.4, -0.2) is 31.4 Å². The van der Waals surface area contributed by atoms with Crippen molar-refractivity contribution in [3.05, 3.63) is 29.3 Å². The third-order valence-corrected chi connectivity index (χ3v) is 3.48. The molecule has 1 aromatic rings. The van der Waals surface area contributed by atoms with Crippen LogP contribution in [0, 0.1) is 5.41 Å². The molecule has 138 valence electrons. The van der Waals surface area contributed by atoms with Crippen LogP contribution in [-0.2, 0) is 9.53 Å². The molecule has 0 aliphatic carbocycles. The highest BCUT2D eigenvalue weighted by atomic mass is 19.4. The van der Waals surface area contributed by atoms with E-state index in [-0.39, 0.29) is 17.8 Å². The van der Waals surface area contributed by atoms with Crippen molar-refractivity contribution < 1.29 is 27.4 Å². The quantitative estimate of drug-likeness (QED) is 0.811. The van der Waals surface area contributed by atoms with E-state index >= 15 is 0 Å². The van der Waals surface area contributed by atoms with E-state index in [1.807, 2.05) is 20.8 Å². The van der Waals surface area contributed by atoms with Crippen LogP contribution in [0.3, 0.4) is 0 Å². The number of alkyl halides is 3. The fraction of sp³-hybridized carbons (Fsp3) is 0.500. The van der Waals surface area contributed by atoms with E-state index in [0.717, 1.165) is 0 Å². The van der Waals surface area contributed by atoms with Gasteiger partial charge in [0.1, 0.15) is 5.75 Å². The van der Waals surface area contributed by atoms with Crippen molar-refractivity contribution in [3.8, 4) is 5.75 Å². The first-order valence-electron chi connectivity index (χ1n) is 8.01. The average molecular weight is 357 g/mol. The van der Waals surface area contributed by atoms with Crippen LogP contribution >= 0.6 is 0 Å². The van der Waals surface area contributed by atoms with E-state index in [1.54, 1.807) is 12.1 Å². The maximum Gasteiger partial charge on any atom is 0.430 e. The van der Waals surface area contributed by atoms with E-state index in [4.69, 9.17) is 9.47 Å². The summed E-state index contributed by atoms with van der Waals surface area (Å²) in [4.78, 5) is 11.9. The molecule has 7 heteroatoms. The summed E-state index contributed by atoms with van der Waals surface area (Å²) in [6.45, 7) is 8.31. The van der Waals surface area contributed by atoms with Crippen LogP contribution in [0.2, 0.25) is 0 Å². The summed E-state index contributed by atoms with van der Waals surface area (Å²) in [6, 6.07) is 4.87. The minimum atomic E-state index is -4.72. The third-order valence-electron chi connectivity index (χ3n) is 3.48. The Morgan fingerprint density at radius 3 is 2.52 bits per heavy atom. The lowest BCUT2D eigenvalue weighted by Gasteiger charge is -2.28. The zero-order chi connectivity index (χ0) is 18.8. The van der Waals surface area contributed by atoms with Crippen molar-refractivity contribution in [2.24, 2.45) is 5.41 Å². The highest BCUT2D eigenvalue weighted by Crippen LogP contribution is 2.38. The normalized spacial score (nSPS) is 17.2. The molecule has 0 radical (unpaired) electrons. The molecule has 1 N–H and O–H groups in total. The lowest BCUT2D eigenvalue weighted by Crippen LogP contribution is -2.40. The predicted octanol–water partition coefficient (Wildman–Crippen LogP) is 4.41. The minimum absolute atomic E-state index is 0.0106. The predicted molar refractivity (Wildman–Crippen MR) is 89.5 cm³/mol. The molecule has 0 bridgehead atoms. The van der Waals surface area contributed by atoms with Crippen LogP contribution in [0.5, 0.6) is 5.75 Å². The second-order valence-electron chi connectivity index (χ2n) is 7.03. The first-order valence-corrected chi connectivity index (χ1v) is 8.01. The molecule has 0 fully saturated rings. The molecular weight excluding hydrogens is 335 g/mol. The number of fused-ring (bicyclic) bond motifs is 1. The van der Waals surface area contributed by atoms with Crippen molar-refractivity contribution in [2.75, 3.05) is 18.5 Å². The van der Waals surface area contributed by atoms with E-state index in [9.17, 15) is 18.0 Å². The Labute approximate surface area is 145 Å². The van der Waals surface area contributed by atoms with E-state index in [1.165, 1.54) is 19.1 Å². The summed E-state index contributed by atoms with van der Waals surface area (Å²) in [5.74, 6) is -0.945. The van der Waals surface area contributed by atoms with Crippen LogP contribution in [0.4, 0.5) is 18.9 Å².